The summed E-state index contributed by atoms with van der Waals surface area (Å²) in [5, 5.41) is 19.7. The van der Waals surface area contributed by atoms with Crippen molar-refractivity contribution >= 4 is 11.9 Å². The molecule has 0 aliphatic heterocycles. The van der Waals surface area contributed by atoms with Crippen LogP contribution in [-0.2, 0) is 9.59 Å². The van der Waals surface area contributed by atoms with Gasteiger partial charge in [-0.25, -0.2) is 0 Å². The van der Waals surface area contributed by atoms with E-state index in [1.165, 1.54) is 0 Å². The van der Waals surface area contributed by atoms with Crippen LogP contribution < -0.4 is 0 Å². The van der Waals surface area contributed by atoms with Gasteiger partial charge >= 0.3 is 11.9 Å². The van der Waals surface area contributed by atoms with Crippen LogP contribution in [0, 0.1) is 16.7 Å². The van der Waals surface area contributed by atoms with Gasteiger partial charge in [-0.05, 0) is 37.5 Å². The summed E-state index contributed by atoms with van der Waals surface area (Å²) in [5.41, 5.74) is -1.50. The average Bonchev–Trinajstić information content (AvgIpc) is 2.48. The standard InChI is InChI=1S/C17H26O4/c1-2-9-16(10-5-3-6-11-16)17(15(20)21)12-7-4-8-13(17)14(18)19/h4,7,13H,2-3,5-6,8-12H2,1H3,(H,18,19)(H,20,21). The minimum absolute atomic E-state index is 0.340. The number of hydrogen-bond donors (Lipinski definition) is 2. The van der Waals surface area contributed by atoms with Crippen LogP contribution in [0.4, 0.5) is 0 Å². The summed E-state index contributed by atoms with van der Waals surface area (Å²) in [4.78, 5) is 24.0. The molecular formula is C17H26O4. The minimum Gasteiger partial charge on any atom is -0.481 e. The molecule has 4 nitrogen and oxygen atoms in total. The van der Waals surface area contributed by atoms with Gasteiger partial charge in [-0.1, -0.05) is 44.8 Å². The lowest BCUT2D eigenvalue weighted by Crippen LogP contribution is -2.56. The quantitative estimate of drug-likeness (QED) is 0.755. The van der Waals surface area contributed by atoms with Crippen LogP contribution in [0.15, 0.2) is 12.2 Å². The molecular weight excluding hydrogens is 268 g/mol. The lowest BCUT2D eigenvalue weighted by molar-refractivity contribution is -0.180. The number of carboxylic acids is 2. The zero-order valence-electron chi connectivity index (χ0n) is 12.8. The van der Waals surface area contributed by atoms with Crippen LogP contribution in [0.2, 0.25) is 0 Å². The Labute approximate surface area is 126 Å². The molecule has 2 atom stereocenters. The molecule has 0 heterocycles. The monoisotopic (exact) mass is 294 g/mol. The molecule has 0 aromatic heterocycles. The fourth-order valence-corrected chi connectivity index (χ4v) is 4.83. The molecule has 0 amide bonds. The van der Waals surface area contributed by atoms with E-state index in [1.807, 2.05) is 12.2 Å². The molecule has 1 fully saturated rings. The van der Waals surface area contributed by atoms with Gasteiger partial charge in [-0.2, -0.15) is 0 Å². The highest BCUT2D eigenvalue weighted by atomic mass is 16.4. The SMILES string of the molecule is CCCC1(C2(C(=O)O)CC=CCC2C(=O)O)CCCCC1. The summed E-state index contributed by atoms with van der Waals surface area (Å²) in [6.45, 7) is 2.07. The van der Waals surface area contributed by atoms with E-state index >= 15 is 0 Å². The van der Waals surface area contributed by atoms with Crippen LogP contribution >= 0.6 is 0 Å². The van der Waals surface area contributed by atoms with Gasteiger partial charge in [0, 0.05) is 0 Å². The Balaban J connectivity index is 2.54. The van der Waals surface area contributed by atoms with Gasteiger partial charge in [0.05, 0.1) is 11.3 Å². The number of hydrogen-bond acceptors (Lipinski definition) is 2. The van der Waals surface area contributed by atoms with E-state index in [2.05, 4.69) is 6.92 Å². The molecule has 4 heteroatoms. The Bertz CT molecular complexity index is 429. The summed E-state index contributed by atoms with van der Waals surface area (Å²) in [6, 6.07) is 0. The first-order valence-electron chi connectivity index (χ1n) is 8.11. The second-order valence-corrected chi connectivity index (χ2v) is 6.67. The van der Waals surface area contributed by atoms with Gasteiger partial charge in [0.15, 0.2) is 0 Å². The van der Waals surface area contributed by atoms with E-state index in [0.29, 0.717) is 12.8 Å². The molecule has 0 spiro atoms. The third-order valence-corrected chi connectivity index (χ3v) is 5.74. The summed E-state index contributed by atoms with van der Waals surface area (Å²) >= 11 is 0. The third-order valence-electron chi connectivity index (χ3n) is 5.74. The molecule has 2 unspecified atom stereocenters. The van der Waals surface area contributed by atoms with Gasteiger partial charge in [-0.3, -0.25) is 9.59 Å². The van der Waals surface area contributed by atoms with Crippen molar-refractivity contribution < 1.29 is 19.8 Å². The van der Waals surface area contributed by atoms with Crippen molar-refractivity contribution in [2.45, 2.75) is 64.7 Å². The van der Waals surface area contributed by atoms with E-state index in [-0.39, 0.29) is 5.41 Å². The minimum atomic E-state index is -1.13. The van der Waals surface area contributed by atoms with E-state index < -0.39 is 23.3 Å². The summed E-state index contributed by atoms with van der Waals surface area (Å²) in [6.07, 6.45) is 11.0. The Kier molecular flexibility index (Phi) is 4.74. The van der Waals surface area contributed by atoms with Gasteiger partial charge in [0.2, 0.25) is 0 Å². The molecule has 2 aliphatic rings. The smallest absolute Gasteiger partial charge is 0.311 e. The lowest BCUT2D eigenvalue weighted by atomic mass is 9.48. The first kappa shape index (κ1) is 16.1. The fourth-order valence-electron chi connectivity index (χ4n) is 4.83. The van der Waals surface area contributed by atoms with Crippen molar-refractivity contribution in [3.63, 3.8) is 0 Å². The summed E-state index contributed by atoms with van der Waals surface area (Å²) in [7, 11) is 0. The van der Waals surface area contributed by atoms with Crippen molar-refractivity contribution in [1.29, 1.82) is 0 Å². The van der Waals surface area contributed by atoms with Crippen LogP contribution in [0.5, 0.6) is 0 Å². The maximum atomic E-state index is 12.3. The van der Waals surface area contributed by atoms with E-state index in [4.69, 9.17) is 0 Å². The van der Waals surface area contributed by atoms with Crippen LogP contribution in [0.25, 0.3) is 0 Å². The van der Waals surface area contributed by atoms with Gasteiger partial charge in [0.1, 0.15) is 0 Å². The van der Waals surface area contributed by atoms with E-state index in [1.54, 1.807) is 0 Å². The van der Waals surface area contributed by atoms with Gasteiger partial charge in [0.25, 0.3) is 0 Å². The largest absolute Gasteiger partial charge is 0.481 e. The third kappa shape index (κ3) is 2.49. The van der Waals surface area contributed by atoms with Crippen LogP contribution in [0.3, 0.4) is 0 Å². The zero-order valence-corrected chi connectivity index (χ0v) is 12.8. The maximum Gasteiger partial charge on any atom is 0.311 e. The topological polar surface area (TPSA) is 74.6 Å². The van der Waals surface area contributed by atoms with Crippen molar-refractivity contribution in [3.8, 4) is 0 Å². The molecule has 2 N–H and O–H groups in total. The van der Waals surface area contributed by atoms with E-state index in [9.17, 15) is 19.8 Å². The molecule has 1 saturated carbocycles. The number of aliphatic carboxylic acids is 2. The first-order chi connectivity index (χ1) is 10.00. The number of carbonyl (C=O) groups is 2. The zero-order chi connectivity index (χ0) is 15.5. The molecule has 0 saturated heterocycles. The van der Waals surface area contributed by atoms with Crippen molar-refractivity contribution in [1.82, 2.24) is 0 Å². The number of carboxylic acid groups (broad SMARTS) is 2. The normalized spacial score (nSPS) is 31.8. The van der Waals surface area contributed by atoms with Crippen LogP contribution in [-0.4, -0.2) is 22.2 Å². The molecule has 118 valence electrons. The highest BCUT2D eigenvalue weighted by Gasteiger charge is 2.61. The van der Waals surface area contributed by atoms with Crippen molar-refractivity contribution in [2.75, 3.05) is 0 Å². The van der Waals surface area contributed by atoms with E-state index in [0.717, 1.165) is 44.9 Å². The molecule has 0 aromatic carbocycles. The predicted molar refractivity (Wildman–Crippen MR) is 80.0 cm³/mol. The second-order valence-electron chi connectivity index (χ2n) is 6.67. The molecule has 0 aromatic rings. The average molecular weight is 294 g/mol. The Morgan fingerprint density at radius 2 is 1.81 bits per heavy atom. The van der Waals surface area contributed by atoms with Crippen molar-refractivity contribution in [3.05, 3.63) is 12.2 Å². The number of rotatable bonds is 5. The molecule has 2 rings (SSSR count). The fraction of sp³-hybridized carbons (Fsp3) is 0.765. The highest BCUT2D eigenvalue weighted by molar-refractivity contribution is 5.85. The Hall–Kier alpha value is -1.32. The number of allylic oxidation sites excluding steroid dienone is 2. The lowest BCUT2D eigenvalue weighted by Gasteiger charge is -2.53. The van der Waals surface area contributed by atoms with Gasteiger partial charge in [-0.15, -0.1) is 0 Å². The Morgan fingerprint density at radius 1 is 1.14 bits per heavy atom. The molecule has 0 radical (unpaired) electrons. The maximum absolute atomic E-state index is 12.3. The molecule has 21 heavy (non-hydrogen) atoms. The summed E-state index contributed by atoms with van der Waals surface area (Å²) in [5.74, 6) is -2.66. The molecule has 2 aliphatic carbocycles. The van der Waals surface area contributed by atoms with Crippen LogP contribution in [0.1, 0.15) is 64.7 Å². The van der Waals surface area contributed by atoms with Crippen molar-refractivity contribution in [2.24, 2.45) is 16.7 Å². The first-order valence-corrected chi connectivity index (χ1v) is 8.11. The molecule has 0 bridgehead atoms. The Morgan fingerprint density at radius 3 is 2.33 bits per heavy atom. The van der Waals surface area contributed by atoms with Gasteiger partial charge < -0.3 is 10.2 Å². The predicted octanol–water partition coefficient (Wildman–Crippen LogP) is 3.86. The second kappa shape index (κ2) is 6.20. The highest BCUT2D eigenvalue weighted by Crippen LogP contribution is 2.60. The summed E-state index contributed by atoms with van der Waals surface area (Å²) < 4.78 is 0.